The van der Waals surface area contributed by atoms with Crippen molar-refractivity contribution in [2.45, 2.75) is 0 Å². The summed E-state index contributed by atoms with van der Waals surface area (Å²) in [6.45, 7) is 0. The predicted octanol–water partition coefficient (Wildman–Crippen LogP) is 12.2. The number of aromatic nitrogens is 3. The number of hydrogen-bond acceptors (Lipinski definition) is 3. The fourth-order valence-electron chi connectivity index (χ4n) is 6.22. The summed E-state index contributed by atoms with van der Waals surface area (Å²) < 4.78 is 59.3. The van der Waals surface area contributed by atoms with Crippen molar-refractivity contribution in [3.63, 3.8) is 0 Å². The van der Waals surface area contributed by atoms with Gasteiger partial charge in [0.1, 0.15) is 0 Å². The standard InChI is InChI=1S/C47H31N3/c1-2-12-37(13-3-1)45-48-46(38-27-25-36(26-28-38)44-19-9-15-35-11-6-7-18-43(35)44)50-47(49-45)42-17-8-16-40(31-42)33-20-22-34(23-21-33)41-29-24-32-10-4-5-14-39(32)30-41/h1-31H/i4D,5D,10D,14D,24D,29D,30D. The smallest absolute Gasteiger partial charge is 0.164 e. The molecule has 0 atom stereocenters. The molecule has 9 aromatic rings. The maximum absolute atomic E-state index is 8.93. The molecule has 0 bridgehead atoms. The van der Waals surface area contributed by atoms with Crippen LogP contribution in [0.5, 0.6) is 0 Å². The third kappa shape index (κ3) is 5.72. The number of hydrogen-bond donors (Lipinski definition) is 0. The van der Waals surface area contributed by atoms with Crippen LogP contribution in [-0.4, -0.2) is 15.0 Å². The number of nitrogens with zero attached hydrogens (tertiary/aromatic N) is 3. The lowest BCUT2D eigenvalue weighted by Crippen LogP contribution is -2.00. The first kappa shape index (κ1) is 22.8. The van der Waals surface area contributed by atoms with E-state index in [4.69, 9.17) is 24.5 Å². The van der Waals surface area contributed by atoms with Gasteiger partial charge in [-0.2, -0.15) is 0 Å². The van der Waals surface area contributed by atoms with E-state index in [0.29, 0.717) is 23.0 Å². The molecule has 0 unspecified atom stereocenters. The van der Waals surface area contributed by atoms with Crippen molar-refractivity contribution in [3.8, 4) is 67.5 Å². The Hall–Kier alpha value is -6.71. The molecule has 0 aliphatic rings. The zero-order valence-corrected chi connectivity index (χ0v) is 26.7. The fourth-order valence-corrected chi connectivity index (χ4v) is 6.22. The van der Waals surface area contributed by atoms with Crippen LogP contribution in [0.3, 0.4) is 0 Å². The second kappa shape index (κ2) is 12.7. The molecule has 0 aliphatic carbocycles. The highest BCUT2D eigenvalue weighted by Crippen LogP contribution is 2.33. The lowest BCUT2D eigenvalue weighted by molar-refractivity contribution is 1.07. The van der Waals surface area contributed by atoms with Crippen molar-refractivity contribution in [1.82, 2.24) is 15.0 Å². The van der Waals surface area contributed by atoms with Gasteiger partial charge in [0.2, 0.25) is 0 Å². The molecule has 0 fully saturated rings. The van der Waals surface area contributed by atoms with Crippen LogP contribution >= 0.6 is 0 Å². The Labute approximate surface area is 301 Å². The van der Waals surface area contributed by atoms with E-state index >= 15 is 0 Å². The number of rotatable bonds is 6. The highest BCUT2D eigenvalue weighted by molar-refractivity contribution is 5.97. The molecule has 0 radical (unpaired) electrons. The molecule has 3 heteroatoms. The molecule has 0 saturated heterocycles. The Kier molecular flexibility index (Phi) is 5.80. The topological polar surface area (TPSA) is 38.7 Å². The molecule has 1 heterocycles. The van der Waals surface area contributed by atoms with Gasteiger partial charge in [-0.15, -0.1) is 0 Å². The van der Waals surface area contributed by atoms with Crippen LogP contribution in [0.15, 0.2) is 188 Å². The summed E-state index contributed by atoms with van der Waals surface area (Å²) in [5.41, 5.74) is 7.12. The van der Waals surface area contributed by atoms with Gasteiger partial charge in [0.05, 0.1) is 9.60 Å². The average Bonchev–Trinajstić information content (AvgIpc) is 3.26. The molecule has 50 heavy (non-hydrogen) atoms. The molecule has 0 saturated carbocycles. The van der Waals surface area contributed by atoms with Crippen LogP contribution in [0.1, 0.15) is 9.60 Å². The number of fused-ring (bicyclic) bond motifs is 2. The van der Waals surface area contributed by atoms with E-state index in [2.05, 4.69) is 48.5 Å². The van der Waals surface area contributed by atoms with Crippen molar-refractivity contribution < 1.29 is 9.60 Å². The van der Waals surface area contributed by atoms with Gasteiger partial charge in [-0.3, -0.25) is 0 Å². The third-order valence-corrected chi connectivity index (χ3v) is 8.79. The van der Waals surface area contributed by atoms with Gasteiger partial charge in [0, 0.05) is 16.7 Å². The van der Waals surface area contributed by atoms with Gasteiger partial charge in [-0.05, 0) is 67.0 Å². The van der Waals surface area contributed by atoms with Gasteiger partial charge >= 0.3 is 0 Å². The Morgan fingerprint density at radius 2 is 0.880 bits per heavy atom. The van der Waals surface area contributed by atoms with Gasteiger partial charge in [0.25, 0.3) is 0 Å². The molecule has 0 amide bonds. The molecule has 3 nitrogen and oxygen atoms in total. The van der Waals surface area contributed by atoms with Crippen LogP contribution in [0, 0.1) is 0 Å². The summed E-state index contributed by atoms with van der Waals surface area (Å²) in [6, 6.07) is 45.3. The molecular weight excluding hydrogens is 607 g/mol. The summed E-state index contributed by atoms with van der Waals surface area (Å²) in [5, 5.41) is 2.18. The van der Waals surface area contributed by atoms with Crippen molar-refractivity contribution >= 4 is 21.5 Å². The maximum atomic E-state index is 8.93. The Bertz CT molecular complexity index is 3020. The van der Waals surface area contributed by atoms with E-state index < -0.39 is 24.2 Å². The van der Waals surface area contributed by atoms with Crippen LogP contribution in [0.4, 0.5) is 0 Å². The first-order chi connectivity index (χ1) is 27.7. The fraction of sp³-hybridized carbons (Fsp3) is 0. The van der Waals surface area contributed by atoms with E-state index in [1.807, 2.05) is 84.9 Å². The van der Waals surface area contributed by atoms with Crippen LogP contribution in [-0.2, 0) is 0 Å². The zero-order valence-electron chi connectivity index (χ0n) is 33.7. The Morgan fingerprint density at radius 3 is 1.66 bits per heavy atom. The molecule has 9 rings (SSSR count). The molecule has 234 valence electrons. The molecular formula is C47H31N3. The van der Waals surface area contributed by atoms with Gasteiger partial charge in [-0.1, -0.05) is 176 Å². The summed E-state index contributed by atoms with van der Waals surface area (Å²) in [6.07, 6.45) is 0. The maximum Gasteiger partial charge on any atom is 0.164 e. The highest BCUT2D eigenvalue weighted by atomic mass is 15.0. The lowest BCUT2D eigenvalue weighted by Gasteiger charge is -2.11. The van der Waals surface area contributed by atoms with E-state index in [1.54, 1.807) is 12.1 Å². The number of benzene rings is 8. The molecule has 0 spiro atoms. The minimum absolute atomic E-state index is 0.0684. The summed E-state index contributed by atoms with van der Waals surface area (Å²) in [4.78, 5) is 14.8. The van der Waals surface area contributed by atoms with Crippen LogP contribution < -0.4 is 0 Å². The second-order valence-corrected chi connectivity index (χ2v) is 11.9. The molecule has 0 aliphatic heterocycles. The van der Waals surface area contributed by atoms with E-state index in [0.717, 1.165) is 38.9 Å². The van der Waals surface area contributed by atoms with Crippen LogP contribution in [0.2, 0.25) is 0 Å². The van der Waals surface area contributed by atoms with Crippen molar-refractivity contribution in [2.24, 2.45) is 0 Å². The van der Waals surface area contributed by atoms with Crippen LogP contribution in [0.25, 0.3) is 89.1 Å². The minimum Gasteiger partial charge on any atom is -0.208 e. The Balaban J connectivity index is 1.09. The van der Waals surface area contributed by atoms with Crippen molar-refractivity contribution in [3.05, 3.63) is 188 Å². The van der Waals surface area contributed by atoms with Gasteiger partial charge < -0.3 is 0 Å². The van der Waals surface area contributed by atoms with E-state index in [1.165, 1.54) is 10.8 Å². The van der Waals surface area contributed by atoms with Gasteiger partial charge in [0.15, 0.2) is 17.5 Å². The van der Waals surface area contributed by atoms with Crippen molar-refractivity contribution in [1.29, 1.82) is 0 Å². The largest absolute Gasteiger partial charge is 0.208 e. The summed E-state index contributed by atoms with van der Waals surface area (Å²) in [5.74, 6) is 1.61. The normalized spacial score (nSPS) is 13.2. The van der Waals surface area contributed by atoms with Crippen molar-refractivity contribution in [2.75, 3.05) is 0 Å². The lowest BCUT2D eigenvalue weighted by atomic mass is 9.97. The second-order valence-electron chi connectivity index (χ2n) is 11.9. The average molecular weight is 645 g/mol. The highest BCUT2D eigenvalue weighted by Gasteiger charge is 2.14. The SMILES string of the molecule is [2H]c1c([2H])c([2H])c2c([2H])c(-c3ccc(-c4cccc(-c5nc(-c6ccccc6)nc(-c6ccc(-c7cccc8ccccc78)cc6)n5)c4)cc3)c([2H])c([2H])c2c1[2H]. The first-order valence-electron chi connectivity index (χ1n) is 19.8. The minimum atomic E-state index is -0.491. The molecule has 1 aromatic heterocycles. The van der Waals surface area contributed by atoms with Gasteiger partial charge in [-0.25, -0.2) is 15.0 Å². The van der Waals surface area contributed by atoms with E-state index in [9.17, 15) is 0 Å². The summed E-state index contributed by atoms with van der Waals surface area (Å²) >= 11 is 0. The third-order valence-electron chi connectivity index (χ3n) is 8.79. The summed E-state index contributed by atoms with van der Waals surface area (Å²) in [7, 11) is 0. The zero-order chi connectivity index (χ0) is 39.4. The quantitative estimate of drug-likeness (QED) is 0.181. The predicted molar refractivity (Wildman–Crippen MR) is 207 cm³/mol. The first-order valence-corrected chi connectivity index (χ1v) is 16.3. The monoisotopic (exact) mass is 644 g/mol. The molecule has 0 N–H and O–H groups in total. The van der Waals surface area contributed by atoms with E-state index in [-0.39, 0.29) is 34.5 Å². The molecule has 8 aromatic carbocycles. The Morgan fingerprint density at radius 1 is 0.340 bits per heavy atom.